The third kappa shape index (κ3) is 2.85. The van der Waals surface area contributed by atoms with Crippen LogP contribution in [0, 0.1) is 6.92 Å². The van der Waals surface area contributed by atoms with Gasteiger partial charge in [0.15, 0.2) is 0 Å². The van der Waals surface area contributed by atoms with Gasteiger partial charge in [0.25, 0.3) is 0 Å². The van der Waals surface area contributed by atoms with Crippen LogP contribution in [0.2, 0.25) is 0 Å². The van der Waals surface area contributed by atoms with Gasteiger partial charge in [-0.3, -0.25) is 4.90 Å². The van der Waals surface area contributed by atoms with Crippen LogP contribution in [0.4, 0.5) is 11.4 Å². The van der Waals surface area contributed by atoms with Crippen molar-refractivity contribution in [3.05, 3.63) is 17.1 Å². The molecular weight excluding hydrogens is 280 g/mol. The van der Waals surface area contributed by atoms with Gasteiger partial charge < -0.3 is 10.6 Å². The van der Waals surface area contributed by atoms with Crippen molar-refractivity contribution in [3.63, 3.8) is 0 Å². The molecule has 1 unspecified atom stereocenters. The third-order valence-corrected chi connectivity index (χ3v) is 5.45. The van der Waals surface area contributed by atoms with E-state index in [0.29, 0.717) is 6.04 Å². The molecule has 0 spiro atoms. The van der Waals surface area contributed by atoms with Gasteiger partial charge in [-0.15, -0.1) is 11.3 Å². The first-order valence-corrected chi connectivity index (χ1v) is 8.55. The van der Waals surface area contributed by atoms with Crippen molar-refractivity contribution in [1.29, 1.82) is 0 Å². The Kier molecular flexibility index (Phi) is 4.04. The highest BCUT2D eigenvalue weighted by atomic mass is 32.1. The van der Waals surface area contributed by atoms with E-state index in [4.69, 9.17) is 5.73 Å². The second-order valence-electron chi connectivity index (χ2n) is 5.89. The van der Waals surface area contributed by atoms with Crippen molar-refractivity contribution in [2.24, 2.45) is 0 Å². The van der Waals surface area contributed by atoms with E-state index in [1.165, 1.54) is 11.1 Å². The molecule has 0 aliphatic carbocycles. The maximum Gasteiger partial charge on any atom is 0.0907 e. The number of thiazole rings is 1. The van der Waals surface area contributed by atoms with Crippen molar-refractivity contribution in [2.45, 2.75) is 33.2 Å². The first-order valence-electron chi connectivity index (χ1n) is 7.74. The fourth-order valence-corrected chi connectivity index (χ4v) is 3.89. The lowest BCUT2D eigenvalue weighted by molar-refractivity contribution is 0.193. The number of nitrogens with two attached hydrogens (primary N) is 1. The summed E-state index contributed by atoms with van der Waals surface area (Å²) in [7, 11) is 0. The van der Waals surface area contributed by atoms with Crippen molar-refractivity contribution < 1.29 is 0 Å². The fourth-order valence-electron chi connectivity index (χ4n) is 3.03. The van der Waals surface area contributed by atoms with Crippen LogP contribution in [0.3, 0.4) is 0 Å². The van der Waals surface area contributed by atoms with E-state index in [-0.39, 0.29) is 0 Å². The van der Waals surface area contributed by atoms with Gasteiger partial charge in [-0.2, -0.15) is 0 Å². The number of fused-ring (bicyclic) bond motifs is 1. The second-order valence-corrected chi connectivity index (χ2v) is 7.13. The summed E-state index contributed by atoms with van der Waals surface area (Å²) in [4.78, 5) is 9.56. The van der Waals surface area contributed by atoms with Crippen LogP contribution in [0.5, 0.6) is 0 Å². The Bertz CT molecular complexity index is 628. The quantitative estimate of drug-likeness (QED) is 0.885. The molecule has 1 aromatic carbocycles. The Morgan fingerprint density at radius 1 is 1.29 bits per heavy atom. The number of rotatable bonds is 3. The SMILES string of the molecule is CCC(C)N1CCN(c2cc3nc(C)sc3cc2N)CC1. The number of aryl methyl sites for hydroxylation is 1. The number of piperazine rings is 1. The molecule has 1 saturated heterocycles. The summed E-state index contributed by atoms with van der Waals surface area (Å²) in [6.07, 6.45) is 1.21. The van der Waals surface area contributed by atoms with Gasteiger partial charge in [0.05, 0.1) is 26.6 Å². The van der Waals surface area contributed by atoms with Crippen LogP contribution in [0.15, 0.2) is 12.1 Å². The molecule has 4 nitrogen and oxygen atoms in total. The molecule has 0 amide bonds. The van der Waals surface area contributed by atoms with E-state index in [9.17, 15) is 0 Å². The molecule has 1 aliphatic rings. The highest BCUT2D eigenvalue weighted by Crippen LogP contribution is 2.32. The largest absolute Gasteiger partial charge is 0.397 e. The molecule has 0 saturated carbocycles. The minimum Gasteiger partial charge on any atom is -0.397 e. The minimum absolute atomic E-state index is 0.674. The normalized spacial score (nSPS) is 18.3. The minimum atomic E-state index is 0.674. The molecule has 1 fully saturated rings. The Morgan fingerprint density at radius 3 is 2.67 bits per heavy atom. The maximum absolute atomic E-state index is 6.27. The summed E-state index contributed by atoms with van der Waals surface area (Å²) in [5, 5.41) is 1.10. The smallest absolute Gasteiger partial charge is 0.0907 e. The molecule has 114 valence electrons. The average molecular weight is 304 g/mol. The van der Waals surface area contributed by atoms with E-state index in [1.54, 1.807) is 11.3 Å². The van der Waals surface area contributed by atoms with Gasteiger partial charge >= 0.3 is 0 Å². The third-order valence-electron chi connectivity index (χ3n) is 4.51. The predicted molar refractivity (Wildman–Crippen MR) is 92.3 cm³/mol. The van der Waals surface area contributed by atoms with Crippen LogP contribution < -0.4 is 10.6 Å². The highest BCUT2D eigenvalue weighted by Gasteiger charge is 2.22. The number of anilines is 2. The molecule has 5 heteroatoms. The summed E-state index contributed by atoms with van der Waals surface area (Å²) < 4.78 is 1.19. The molecule has 1 atom stereocenters. The van der Waals surface area contributed by atoms with Crippen LogP contribution in [0.1, 0.15) is 25.3 Å². The van der Waals surface area contributed by atoms with Gasteiger partial charge in [0, 0.05) is 32.2 Å². The van der Waals surface area contributed by atoms with Gasteiger partial charge in [-0.25, -0.2) is 4.98 Å². The van der Waals surface area contributed by atoms with Crippen molar-refractivity contribution in [3.8, 4) is 0 Å². The summed E-state index contributed by atoms with van der Waals surface area (Å²) in [5.41, 5.74) is 9.37. The van der Waals surface area contributed by atoms with E-state index < -0.39 is 0 Å². The van der Waals surface area contributed by atoms with E-state index in [0.717, 1.165) is 48.1 Å². The van der Waals surface area contributed by atoms with Crippen LogP contribution in [-0.2, 0) is 0 Å². The number of benzene rings is 1. The van der Waals surface area contributed by atoms with Gasteiger partial charge in [-0.1, -0.05) is 6.92 Å². The van der Waals surface area contributed by atoms with Crippen molar-refractivity contribution in [1.82, 2.24) is 9.88 Å². The molecule has 2 heterocycles. The summed E-state index contributed by atoms with van der Waals surface area (Å²) >= 11 is 1.71. The lowest BCUT2D eigenvalue weighted by atomic mass is 10.1. The molecular formula is C16H24N4S. The Balaban J connectivity index is 1.80. The molecule has 1 aromatic heterocycles. The maximum atomic E-state index is 6.27. The second kappa shape index (κ2) is 5.81. The van der Waals surface area contributed by atoms with Crippen molar-refractivity contribution >= 4 is 32.9 Å². The molecule has 2 N–H and O–H groups in total. The van der Waals surface area contributed by atoms with E-state index in [1.807, 2.05) is 6.92 Å². The van der Waals surface area contributed by atoms with Gasteiger partial charge in [0.1, 0.15) is 0 Å². The molecule has 2 aromatic rings. The summed E-state index contributed by atoms with van der Waals surface area (Å²) in [6.45, 7) is 10.9. The Hall–Kier alpha value is -1.33. The molecule has 0 radical (unpaired) electrons. The van der Waals surface area contributed by atoms with Gasteiger partial charge in [-0.05, 0) is 32.4 Å². The standard InChI is InChI=1S/C16H24N4S/c1-4-11(2)19-5-7-20(8-6-19)15-10-14-16(9-13(15)17)21-12(3)18-14/h9-11H,4-8,17H2,1-3H3. The molecule has 21 heavy (non-hydrogen) atoms. The summed E-state index contributed by atoms with van der Waals surface area (Å²) in [5.74, 6) is 0. The molecule has 3 rings (SSSR count). The number of nitrogens with zero attached hydrogens (tertiary/aromatic N) is 3. The lowest BCUT2D eigenvalue weighted by Gasteiger charge is -2.39. The molecule has 1 aliphatic heterocycles. The topological polar surface area (TPSA) is 45.4 Å². The number of aromatic nitrogens is 1. The predicted octanol–water partition coefficient (Wildman–Crippen LogP) is 3.11. The van der Waals surface area contributed by atoms with E-state index >= 15 is 0 Å². The van der Waals surface area contributed by atoms with Crippen LogP contribution >= 0.6 is 11.3 Å². The van der Waals surface area contributed by atoms with Crippen LogP contribution in [0.25, 0.3) is 10.2 Å². The molecule has 0 bridgehead atoms. The van der Waals surface area contributed by atoms with Crippen molar-refractivity contribution in [2.75, 3.05) is 36.8 Å². The number of hydrogen-bond donors (Lipinski definition) is 1. The van der Waals surface area contributed by atoms with Crippen LogP contribution in [-0.4, -0.2) is 42.1 Å². The van der Waals surface area contributed by atoms with Gasteiger partial charge in [0.2, 0.25) is 0 Å². The first-order chi connectivity index (χ1) is 10.1. The zero-order valence-corrected chi connectivity index (χ0v) is 13.9. The first kappa shape index (κ1) is 14.6. The number of hydrogen-bond acceptors (Lipinski definition) is 5. The highest BCUT2D eigenvalue weighted by molar-refractivity contribution is 7.18. The Morgan fingerprint density at radius 2 is 2.00 bits per heavy atom. The number of nitrogen functional groups attached to an aromatic ring is 1. The average Bonchev–Trinajstić information content (AvgIpc) is 2.85. The zero-order chi connectivity index (χ0) is 15.0. The zero-order valence-electron chi connectivity index (χ0n) is 13.1. The van der Waals surface area contributed by atoms with E-state index in [2.05, 4.69) is 40.8 Å². The summed E-state index contributed by atoms with van der Waals surface area (Å²) in [6, 6.07) is 4.91. The lowest BCUT2D eigenvalue weighted by Crippen LogP contribution is -2.49. The monoisotopic (exact) mass is 304 g/mol. The Labute approximate surface area is 130 Å². The fraction of sp³-hybridized carbons (Fsp3) is 0.562.